The molecule has 114 valence electrons. The lowest BCUT2D eigenvalue weighted by Crippen LogP contribution is -2.30. The van der Waals surface area contributed by atoms with Crippen LogP contribution in [0.4, 0.5) is 5.82 Å². The Bertz CT molecular complexity index is 505. The van der Waals surface area contributed by atoms with Gasteiger partial charge in [0.1, 0.15) is 5.82 Å². The first-order valence-electron chi connectivity index (χ1n) is 7.65. The topological polar surface area (TPSA) is 28.2 Å². The molecule has 0 aliphatic rings. The summed E-state index contributed by atoms with van der Waals surface area (Å²) in [5, 5.41) is 5.54. The fourth-order valence-corrected chi connectivity index (χ4v) is 2.90. The summed E-state index contributed by atoms with van der Waals surface area (Å²) in [6.07, 6.45) is 3.15. The highest BCUT2D eigenvalue weighted by Crippen LogP contribution is 2.20. The van der Waals surface area contributed by atoms with Gasteiger partial charge in [-0.25, -0.2) is 4.98 Å². The lowest BCUT2D eigenvalue weighted by Gasteiger charge is -2.27. The van der Waals surface area contributed by atoms with Crippen LogP contribution in [0, 0.1) is 0 Å². The quantitative estimate of drug-likeness (QED) is 0.745. The van der Waals surface area contributed by atoms with Crippen LogP contribution in [0.15, 0.2) is 35.8 Å². The van der Waals surface area contributed by atoms with Crippen molar-refractivity contribution in [2.45, 2.75) is 46.3 Å². The van der Waals surface area contributed by atoms with Gasteiger partial charge in [-0.05, 0) is 49.9 Å². The lowest BCUT2D eigenvalue weighted by atomic mass is 10.2. The summed E-state index contributed by atoms with van der Waals surface area (Å²) in [5.74, 6) is 1.05. The van der Waals surface area contributed by atoms with Gasteiger partial charge < -0.3 is 10.2 Å². The molecule has 0 bridgehead atoms. The minimum Gasteiger partial charge on any atom is -0.349 e. The molecular formula is C17H25N3S. The Balaban J connectivity index is 2.03. The van der Waals surface area contributed by atoms with Crippen LogP contribution < -0.4 is 10.2 Å². The van der Waals surface area contributed by atoms with E-state index in [0.29, 0.717) is 6.04 Å². The lowest BCUT2D eigenvalue weighted by molar-refractivity contribution is 0.666. The van der Waals surface area contributed by atoms with E-state index in [1.807, 2.05) is 6.20 Å². The third kappa shape index (κ3) is 4.83. The van der Waals surface area contributed by atoms with Crippen molar-refractivity contribution in [3.05, 3.63) is 46.3 Å². The van der Waals surface area contributed by atoms with Crippen LogP contribution in [0.1, 0.15) is 37.6 Å². The summed E-state index contributed by atoms with van der Waals surface area (Å²) >= 11 is 1.80. The Morgan fingerprint density at radius 1 is 1.29 bits per heavy atom. The van der Waals surface area contributed by atoms with Gasteiger partial charge in [-0.2, -0.15) is 0 Å². The summed E-state index contributed by atoms with van der Waals surface area (Å²) in [5.41, 5.74) is 1.24. The van der Waals surface area contributed by atoms with Crippen LogP contribution in [0.3, 0.4) is 0 Å². The van der Waals surface area contributed by atoms with Gasteiger partial charge in [0.15, 0.2) is 0 Å². The Morgan fingerprint density at radius 2 is 2.14 bits per heavy atom. The molecule has 0 fully saturated rings. The number of pyridine rings is 1. The van der Waals surface area contributed by atoms with Crippen molar-refractivity contribution in [1.29, 1.82) is 0 Å². The third-order valence-corrected chi connectivity index (χ3v) is 4.25. The fourth-order valence-electron chi connectivity index (χ4n) is 2.20. The Labute approximate surface area is 132 Å². The first kappa shape index (κ1) is 16.0. The van der Waals surface area contributed by atoms with E-state index in [-0.39, 0.29) is 0 Å². The van der Waals surface area contributed by atoms with E-state index in [4.69, 9.17) is 0 Å². The zero-order valence-corrected chi connectivity index (χ0v) is 14.0. The van der Waals surface area contributed by atoms with Crippen LogP contribution in [0.25, 0.3) is 0 Å². The van der Waals surface area contributed by atoms with E-state index in [1.165, 1.54) is 10.4 Å². The molecule has 4 heteroatoms. The van der Waals surface area contributed by atoms with Gasteiger partial charge in [0, 0.05) is 23.7 Å². The molecule has 0 saturated heterocycles. The standard InChI is InChI=1S/C17H25N3S/c1-4-9-18-11-15-7-8-17(19-12-15)20(14(2)3)13-16-6-5-10-21-16/h5-8,10,12,14,18H,4,9,11,13H2,1-3H3. The number of thiophene rings is 1. The molecule has 0 saturated carbocycles. The Morgan fingerprint density at radius 3 is 2.71 bits per heavy atom. The summed E-state index contributed by atoms with van der Waals surface area (Å²) in [6, 6.07) is 9.03. The van der Waals surface area contributed by atoms with Crippen molar-refractivity contribution >= 4 is 17.2 Å². The third-order valence-electron chi connectivity index (χ3n) is 3.39. The highest BCUT2D eigenvalue weighted by atomic mass is 32.1. The van der Waals surface area contributed by atoms with E-state index in [9.17, 15) is 0 Å². The summed E-state index contributed by atoms with van der Waals surface area (Å²) in [4.78, 5) is 8.37. The zero-order valence-electron chi connectivity index (χ0n) is 13.2. The van der Waals surface area contributed by atoms with Gasteiger partial charge >= 0.3 is 0 Å². The van der Waals surface area contributed by atoms with Crippen LogP contribution in [0.5, 0.6) is 0 Å². The van der Waals surface area contributed by atoms with Crippen molar-refractivity contribution in [2.75, 3.05) is 11.4 Å². The fraction of sp³-hybridized carbons (Fsp3) is 0.471. The van der Waals surface area contributed by atoms with Crippen LogP contribution in [0.2, 0.25) is 0 Å². The molecular weight excluding hydrogens is 278 g/mol. The van der Waals surface area contributed by atoms with E-state index in [0.717, 1.165) is 31.9 Å². The normalized spacial score (nSPS) is 11.0. The van der Waals surface area contributed by atoms with Gasteiger partial charge in [-0.1, -0.05) is 19.1 Å². The van der Waals surface area contributed by atoms with Crippen molar-refractivity contribution in [3.63, 3.8) is 0 Å². The number of anilines is 1. The second-order valence-electron chi connectivity index (χ2n) is 5.50. The van der Waals surface area contributed by atoms with E-state index in [1.54, 1.807) is 11.3 Å². The average molecular weight is 303 g/mol. The van der Waals surface area contributed by atoms with Crippen molar-refractivity contribution in [1.82, 2.24) is 10.3 Å². The first-order chi connectivity index (χ1) is 10.2. The SMILES string of the molecule is CCCNCc1ccc(N(Cc2cccs2)C(C)C)nc1. The first-order valence-corrected chi connectivity index (χ1v) is 8.53. The molecule has 3 nitrogen and oxygen atoms in total. The van der Waals surface area contributed by atoms with Crippen LogP contribution in [-0.4, -0.2) is 17.6 Å². The molecule has 2 aromatic heterocycles. The van der Waals surface area contributed by atoms with Crippen molar-refractivity contribution in [3.8, 4) is 0 Å². The van der Waals surface area contributed by atoms with Gasteiger partial charge in [0.05, 0.1) is 6.54 Å². The zero-order chi connectivity index (χ0) is 15.1. The van der Waals surface area contributed by atoms with Gasteiger partial charge in [-0.15, -0.1) is 11.3 Å². The molecule has 1 N–H and O–H groups in total. The Kier molecular flexibility index (Phi) is 6.21. The molecule has 0 amide bonds. The van der Waals surface area contributed by atoms with Gasteiger partial charge in [-0.3, -0.25) is 0 Å². The van der Waals surface area contributed by atoms with Crippen molar-refractivity contribution < 1.29 is 0 Å². The minimum atomic E-state index is 0.434. The monoisotopic (exact) mass is 303 g/mol. The molecule has 0 atom stereocenters. The maximum atomic E-state index is 4.65. The molecule has 0 radical (unpaired) electrons. The number of nitrogens with one attached hydrogen (secondary N) is 1. The maximum absolute atomic E-state index is 4.65. The second kappa shape index (κ2) is 8.15. The second-order valence-corrected chi connectivity index (χ2v) is 6.53. The van der Waals surface area contributed by atoms with Gasteiger partial charge in [0.25, 0.3) is 0 Å². The predicted octanol–water partition coefficient (Wildman–Crippen LogP) is 4.06. The van der Waals surface area contributed by atoms with E-state index in [2.05, 4.69) is 65.6 Å². The molecule has 0 aliphatic heterocycles. The molecule has 0 aliphatic carbocycles. The average Bonchev–Trinajstić information content (AvgIpc) is 2.99. The summed E-state index contributed by atoms with van der Waals surface area (Å²) < 4.78 is 0. The van der Waals surface area contributed by atoms with E-state index >= 15 is 0 Å². The van der Waals surface area contributed by atoms with Gasteiger partial charge in [0.2, 0.25) is 0 Å². The molecule has 0 aromatic carbocycles. The number of hydrogen-bond acceptors (Lipinski definition) is 4. The van der Waals surface area contributed by atoms with E-state index < -0.39 is 0 Å². The highest BCUT2D eigenvalue weighted by Gasteiger charge is 2.13. The molecule has 2 rings (SSSR count). The van der Waals surface area contributed by atoms with Crippen LogP contribution >= 0.6 is 11.3 Å². The molecule has 21 heavy (non-hydrogen) atoms. The van der Waals surface area contributed by atoms with Crippen molar-refractivity contribution in [2.24, 2.45) is 0 Å². The number of hydrogen-bond donors (Lipinski definition) is 1. The molecule has 0 spiro atoms. The summed E-state index contributed by atoms with van der Waals surface area (Å²) in [7, 11) is 0. The Hall–Kier alpha value is -1.39. The molecule has 2 heterocycles. The molecule has 0 unspecified atom stereocenters. The predicted molar refractivity (Wildman–Crippen MR) is 91.9 cm³/mol. The number of aromatic nitrogens is 1. The van der Waals surface area contributed by atoms with Crippen LogP contribution in [-0.2, 0) is 13.1 Å². The largest absolute Gasteiger partial charge is 0.349 e. The minimum absolute atomic E-state index is 0.434. The molecule has 2 aromatic rings. The smallest absolute Gasteiger partial charge is 0.129 e. The highest BCUT2D eigenvalue weighted by molar-refractivity contribution is 7.09. The number of rotatable bonds is 8. The number of nitrogens with zero attached hydrogens (tertiary/aromatic N) is 2. The summed E-state index contributed by atoms with van der Waals surface area (Å²) in [6.45, 7) is 9.49. The maximum Gasteiger partial charge on any atom is 0.129 e.